The van der Waals surface area contributed by atoms with E-state index in [2.05, 4.69) is 20.4 Å². The highest BCUT2D eigenvalue weighted by molar-refractivity contribution is 6.38. The fourth-order valence-corrected chi connectivity index (χ4v) is 8.49. The Balaban J connectivity index is 1.23. The minimum atomic E-state index is -0.434. The quantitative estimate of drug-likeness (QED) is 0.0899. The van der Waals surface area contributed by atoms with Gasteiger partial charge in [-0.15, -0.1) is 0 Å². The molecule has 3 saturated heterocycles. The molecule has 0 amide bonds. The maximum atomic E-state index is 15.7. The summed E-state index contributed by atoms with van der Waals surface area (Å²) in [5.41, 5.74) is 10.4. The number of hydrogen-bond acceptors (Lipinski definition) is 13. The van der Waals surface area contributed by atoms with E-state index in [0.29, 0.717) is 106 Å². The normalized spacial score (nSPS) is 20.9. The summed E-state index contributed by atoms with van der Waals surface area (Å²) in [5, 5.41) is 13.5. The topological polar surface area (TPSA) is 179 Å². The number of carbonyl (C=O) groups is 1. The number of fused-ring (bicyclic) bond motifs is 7. The van der Waals surface area contributed by atoms with Crippen molar-refractivity contribution in [2.45, 2.75) is 57.0 Å². The number of carbonyl (C=O) groups excluding carboxylic acids is 1. The van der Waals surface area contributed by atoms with Crippen LogP contribution in [0.4, 0.5) is 10.2 Å². The molecular formula is C38H39ClFN9O5. The van der Waals surface area contributed by atoms with Crippen LogP contribution in [0.3, 0.4) is 0 Å². The summed E-state index contributed by atoms with van der Waals surface area (Å²) in [6.07, 6.45) is 6.08. The number of nitrogens with one attached hydrogen (secondary N) is 2. The van der Waals surface area contributed by atoms with Crippen LogP contribution in [0.2, 0.25) is 5.02 Å². The minimum Gasteiger partial charge on any atom is -0.489 e. The smallest absolute Gasteiger partial charge is 0.319 e. The Kier molecular flexibility index (Phi) is 8.88. The lowest BCUT2D eigenvalue weighted by Crippen LogP contribution is -2.53. The third-order valence-electron chi connectivity index (χ3n) is 10.9. The first kappa shape index (κ1) is 34.5. The second-order valence-electron chi connectivity index (χ2n) is 14.1. The summed E-state index contributed by atoms with van der Waals surface area (Å²) >= 11 is 7.49. The largest absolute Gasteiger partial charge is 0.489 e. The van der Waals surface area contributed by atoms with E-state index in [1.165, 1.54) is 17.3 Å². The summed E-state index contributed by atoms with van der Waals surface area (Å²) in [6.45, 7) is 4.15. The van der Waals surface area contributed by atoms with Crippen LogP contribution in [0.1, 0.15) is 36.0 Å². The number of halogens is 2. The first-order valence-electron chi connectivity index (χ1n) is 18.0. The second-order valence-corrected chi connectivity index (χ2v) is 14.5. The molecule has 2 aromatic heterocycles. The molecule has 16 heteroatoms. The number of H-pyrrole nitrogens is 1. The van der Waals surface area contributed by atoms with Crippen molar-refractivity contribution in [3.05, 3.63) is 70.3 Å². The molecule has 5 aromatic rings. The highest BCUT2D eigenvalue weighted by atomic mass is 35.5. The van der Waals surface area contributed by atoms with Crippen molar-refractivity contribution in [2.75, 3.05) is 37.8 Å². The van der Waals surface area contributed by atoms with Crippen molar-refractivity contribution >= 4 is 51.2 Å². The van der Waals surface area contributed by atoms with Crippen molar-refractivity contribution in [1.82, 2.24) is 30.5 Å². The average molecular weight is 756 g/mol. The minimum absolute atomic E-state index is 0.00431. The van der Waals surface area contributed by atoms with E-state index in [4.69, 9.17) is 52.1 Å². The van der Waals surface area contributed by atoms with Crippen LogP contribution in [0.15, 0.2) is 42.7 Å². The zero-order valence-corrected chi connectivity index (χ0v) is 30.2. The fraction of sp³-hybridized carbons (Fsp3) is 0.368. The van der Waals surface area contributed by atoms with Gasteiger partial charge in [0.1, 0.15) is 42.8 Å². The molecule has 2 unspecified atom stereocenters. The van der Waals surface area contributed by atoms with Crippen molar-refractivity contribution in [3.8, 4) is 28.6 Å². The molecule has 4 aliphatic heterocycles. The Labute approximate surface area is 314 Å². The molecule has 2 bridgehead atoms. The van der Waals surface area contributed by atoms with Gasteiger partial charge in [0.15, 0.2) is 11.5 Å². The number of hydrogen-bond donors (Lipinski definition) is 4. The first-order chi connectivity index (χ1) is 26.3. The van der Waals surface area contributed by atoms with Crippen molar-refractivity contribution in [3.63, 3.8) is 0 Å². The molecule has 0 aliphatic carbocycles. The molecule has 3 atom stereocenters. The zero-order chi connectivity index (χ0) is 37.1. The number of aldehydes is 1. The molecule has 3 aromatic carbocycles. The summed E-state index contributed by atoms with van der Waals surface area (Å²) in [4.78, 5) is 23.3. The molecule has 4 aliphatic rings. The standard InChI is InChI=1S/C38H39ClFN9O5/c1-19-25(40)13-27-24(15-44-47-27)30(19)31-33(39)35-32-34(36(31)52-17-20-2-4-21(5-3-20)26(41)16-48(42)8-9-50)45-38(54-23-6-10-51-11-7-23)46-37(32)49-22-12-28(43-14-22)29(49)18-53-35/h2-5,9,13,15-16,22-23,28-29,43H,6-8,10-12,14,17-18,41-42H2,1H3,(H,44,47)/b26-16-/t22?,28-,29?/m0/s1. The highest BCUT2D eigenvalue weighted by Crippen LogP contribution is 2.55. The van der Waals surface area contributed by atoms with Crippen LogP contribution >= 0.6 is 11.6 Å². The van der Waals surface area contributed by atoms with E-state index >= 15 is 4.39 Å². The molecule has 3 fully saturated rings. The van der Waals surface area contributed by atoms with Crippen LogP contribution in [0.5, 0.6) is 17.5 Å². The van der Waals surface area contributed by atoms with Gasteiger partial charge < -0.3 is 44.7 Å². The lowest BCUT2D eigenvalue weighted by Gasteiger charge is -2.35. The molecule has 6 heterocycles. The number of nitrogens with zero attached hydrogens (tertiary/aromatic N) is 5. The van der Waals surface area contributed by atoms with E-state index in [1.807, 2.05) is 24.3 Å². The second kappa shape index (κ2) is 13.9. The van der Waals surface area contributed by atoms with Gasteiger partial charge in [-0.2, -0.15) is 15.1 Å². The van der Waals surface area contributed by atoms with E-state index in [1.54, 1.807) is 13.1 Å². The molecule has 14 nitrogen and oxygen atoms in total. The molecule has 54 heavy (non-hydrogen) atoms. The summed E-state index contributed by atoms with van der Waals surface area (Å²) in [7, 11) is 0. The number of ether oxygens (including phenoxy) is 4. The maximum Gasteiger partial charge on any atom is 0.319 e. The fourth-order valence-electron chi connectivity index (χ4n) is 8.16. The monoisotopic (exact) mass is 755 g/mol. The Hall–Kier alpha value is -5.22. The number of nitrogens with two attached hydrogens (primary N) is 2. The Bertz CT molecular complexity index is 2300. The van der Waals surface area contributed by atoms with Gasteiger partial charge in [-0.25, -0.2) is 10.2 Å². The molecule has 9 rings (SSSR count). The van der Waals surface area contributed by atoms with Gasteiger partial charge in [0.2, 0.25) is 0 Å². The summed E-state index contributed by atoms with van der Waals surface area (Å²) < 4.78 is 41.3. The Morgan fingerprint density at radius 1 is 1.20 bits per heavy atom. The molecule has 280 valence electrons. The lowest BCUT2D eigenvalue weighted by atomic mass is 9.93. The van der Waals surface area contributed by atoms with Gasteiger partial charge in [-0.3, -0.25) is 5.10 Å². The van der Waals surface area contributed by atoms with E-state index in [9.17, 15) is 4.79 Å². The predicted molar refractivity (Wildman–Crippen MR) is 201 cm³/mol. The summed E-state index contributed by atoms with van der Waals surface area (Å²) in [5.74, 6) is 6.81. The highest BCUT2D eigenvalue weighted by Gasteiger charge is 2.49. The predicted octanol–water partition coefficient (Wildman–Crippen LogP) is 4.35. The summed E-state index contributed by atoms with van der Waals surface area (Å²) in [6, 6.07) is 9.47. The third kappa shape index (κ3) is 5.91. The molecule has 0 radical (unpaired) electrons. The van der Waals surface area contributed by atoms with E-state index < -0.39 is 5.82 Å². The third-order valence-corrected chi connectivity index (χ3v) is 11.2. The zero-order valence-electron chi connectivity index (χ0n) is 29.5. The molecule has 0 spiro atoms. The van der Waals surface area contributed by atoms with Gasteiger partial charge in [-0.1, -0.05) is 35.9 Å². The van der Waals surface area contributed by atoms with Gasteiger partial charge >= 0.3 is 6.01 Å². The van der Waals surface area contributed by atoms with Gasteiger partial charge in [0.05, 0.1) is 53.6 Å². The van der Waals surface area contributed by atoms with Crippen molar-refractivity contribution in [2.24, 2.45) is 11.6 Å². The molecule has 0 saturated carbocycles. The molecule has 6 N–H and O–H groups in total. The SMILES string of the molecule is Cc1c(F)cc2[nH]ncc2c1-c1c(Cl)c2c3c(nc(OC4CCOCC4)nc3c1OCc1ccc(/C(N)=C/N(N)CC=O)cc1)N1C3CN[C@@H](C3)C1CO2. The first-order valence-corrected chi connectivity index (χ1v) is 18.4. The Morgan fingerprint density at radius 3 is 2.81 bits per heavy atom. The number of anilines is 1. The van der Waals surface area contributed by atoms with E-state index in [0.717, 1.165) is 18.5 Å². The van der Waals surface area contributed by atoms with Gasteiger partial charge in [-0.05, 0) is 36.1 Å². The number of aromatic nitrogens is 4. The number of hydrazine groups is 1. The van der Waals surface area contributed by atoms with Crippen LogP contribution < -0.4 is 36.0 Å². The number of piperazine rings is 1. The van der Waals surface area contributed by atoms with E-state index in [-0.39, 0.29) is 48.4 Å². The lowest BCUT2D eigenvalue weighted by molar-refractivity contribution is -0.108. The van der Waals surface area contributed by atoms with Gasteiger partial charge in [0.25, 0.3) is 0 Å². The van der Waals surface area contributed by atoms with Crippen LogP contribution in [0.25, 0.3) is 38.6 Å². The number of rotatable bonds is 10. The van der Waals surface area contributed by atoms with Crippen LogP contribution in [-0.2, 0) is 16.1 Å². The molecular weight excluding hydrogens is 717 g/mol. The Morgan fingerprint density at radius 2 is 2.02 bits per heavy atom. The van der Waals surface area contributed by atoms with Crippen molar-refractivity contribution < 1.29 is 28.1 Å². The van der Waals surface area contributed by atoms with Crippen LogP contribution in [-0.4, -0.2) is 88.6 Å². The van der Waals surface area contributed by atoms with Gasteiger partial charge in [0, 0.05) is 54.2 Å². The van der Waals surface area contributed by atoms with Crippen molar-refractivity contribution in [1.29, 1.82) is 0 Å². The maximum absolute atomic E-state index is 15.7. The van der Waals surface area contributed by atoms with Crippen LogP contribution in [0, 0.1) is 12.7 Å². The number of benzene rings is 3. The number of aromatic amines is 1. The average Bonchev–Trinajstić information content (AvgIpc) is 3.90.